The summed E-state index contributed by atoms with van der Waals surface area (Å²) >= 11 is 0. The van der Waals surface area contributed by atoms with Crippen molar-refractivity contribution < 1.29 is 14.9 Å². The molecular formula is C11H24O3. The van der Waals surface area contributed by atoms with Crippen molar-refractivity contribution in [3.63, 3.8) is 0 Å². The van der Waals surface area contributed by atoms with E-state index in [1.165, 1.54) is 0 Å². The molecule has 0 rings (SSSR count). The van der Waals surface area contributed by atoms with Crippen LogP contribution in [0.4, 0.5) is 0 Å². The fourth-order valence-electron chi connectivity index (χ4n) is 1.53. The summed E-state index contributed by atoms with van der Waals surface area (Å²) in [6, 6.07) is 0. The van der Waals surface area contributed by atoms with Gasteiger partial charge in [0.05, 0.1) is 13.2 Å². The van der Waals surface area contributed by atoms with E-state index in [-0.39, 0.29) is 18.6 Å². The molecule has 0 aliphatic carbocycles. The summed E-state index contributed by atoms with van der Waals surface area (Å²) in [5.74, 6) is 0.291. The highest BCUT2D eigenvalue weighted by molar-refractivity contribution is 4.80. The van der Waals surface area contributed by atoms with Gasteiger partial charge >= 0.3 is 0 Å². The average Bonchev–Trinajstić information content (AvgIpc) is 2.18. The lowest BCUT2D eigenvalue weighted by molar-refractivity contribution is 0.000936. The Bertz CT molecular complexity index is 130. The Morgan fingerprint density at radius 3 is 2.14 bits per heavy atom. The molecule has 0 aromatic rings. The summed E-state index contributed by atoms with van der Waals surface area (Å²) in [7, 11) is 0. The molecule has 3 nitrogen and oxygen atoms in total. The van der Waals surface area contributed by atoms with Crippen LogP contribution >= 0.6 is 0 Å². The Hall–Kier alpha value is -0.120. The molecule has 0 aliphatic rings. The van der Waals surface area contributed by atoms with Gasteiger partial charge < -0.3 is 14.9 Å². The quantitative estimate of drug-likeness (QED) is 0.588. The van der Waals surface area contributed by atoms with Crippen molar-refractivity contribution in [1.82, 2.24) is 0 Å². The van der Waals surface area contributed by atoms with Gasteiger partial charge in [-0.2, -0.15) is 0 Å². The normalized spacial score (nSPS) is 12.4. The van der Waals surface area contributed by atoms with E-state index in [2.05, 4.69) is 0 Å². The second-order valence-corrected chi connectivity index (χ2v) is 4.13. The summed E-state index contributed by atoms with van der Waals surface area (Å²) < 4.78 is 5.23. The predicted octanol–water partition coefficient (Wildman–Crippen LogP) is 1.43. The van der Waals surface area contributed by atoms with Gasteiger partial charge in [-0.3, -0.25) is 0 Å². The molecular weight excluding hydrogens is 180 g/mol. The summed E-state index contributed by atoms with van der Waals surface area (Å²) in [6.45, 7) is 7.58. The second-order valence-electron chi connectivity index (χ2n) is 4.13. The van der Waals surface area contributed by atoms with Gasteiger partial charge in [0.2, 0.25) is 0 Å². The Labute approximate surface area is 87.1 Å². The summed E-state index contributed by atoms with van der Waals surface area (Å²) in [4.78, 5) is 0. The molecule has 2 N–H and O–H groups in total. The molecule has 0 amide bonds. The minimum absolute atomic E-state index is 0.0489. The largest absolute Gasteiger partial charge is 0.396 e. The van der Waals surface area contributed by atoms with Crippen LogP contribution in [-0.2, 0) is 4.74 Å². The van der Waals surface area contributed by atoms with Crippen LogP contribution in [0.2, 0.25) is 0 Å². The number of hydrogen-bond acceptors (Lipinski definition) is 3. The van der Waals surface area contributed by atoms with Crippen molar-refractivity contribution in [3.8, 4) is 0 Å². The molecule has 0 radical (unpaired) electrons. The van der Waals surface area contributed by atoms with Crippen LogP contribution in [0.15, 0.2) is 0 Å². The summed E-state index contributed by atoms with van der Waals surface area (Å²) in [5.41, 5.74) is -0.336. The Morgan fingerprint density at radius 2 is 1.79 bits per heavy atom. The Morgan fingerprint density at radius 1 is 1.21 bits per heavy atom. The molecule has 0 aliphatic heterocycles. The molecule has 0 atom stereocenters. The van der Waals surface area contributed by atoms with Gasteiger partial charge in [0, 0.05) is 18.6 Å². The minimum Gasteiger partial charge on any atom is -0.396 e. The third kappa shape index (κ3) is 3.95. The van der Waals surface area contributed by atoms with E-state index in [4.69, 9.17) is 4.74 Å². The van der Waals surface area contributed by atoms with Crippen LogP contribution in [0.1, 0.15) is 33.6 Å². The first-order valence-electron chi connectivity index (χ1n) is 5.42. The zero-order valence-corrected chi connectivity index (χ0v) is 9.62. The first kappa shape index (κ1) is 13.9. The van der Waals surface area contributed by atoms with Crippen molar-refractivity contribution >= 4 is 0 Å². The minimum atomic E-state index is -0.336. The lowest BCUT2D eigenvalue weighted by Gasteiger charge is -2.34. The number of aliphatic hydroxyl groups excluding tert-OH is 2. The third-order valence-corrected chi connectivity index (χ3v) is 3.02. The predicted molar refractivity (Wildman–Crippen MR) is 57.2 cm³/mol. The average molecular weight is 204 g/mol. The molecule has 0 bridgehead atoms. The Balaban J connectivity index is 3.95. The second kappa shape index (κ2) is 7.21. The Kier molecular flexibility index (Phi) is 7.15. The fourth-order valence-corrected chi connectivity index (χ4v) is 1.53. The van der Waals surface area contributed by atoms with Crippen molar-refractivity contribution in [3.05, 3.63) is 0 Å². The van der Waals surface area contributed by atoms with Crippen molar-refractivity contribution in [1.29, 1.82) is 0 Å². The van der Waals surface area contributed by atoms with Gasteiger partial charge in [0.15, 0.2) is 0 Å². The SMILES string of the molecule is CCOCCCC(CO)(CO)C(C)C. The van der Waals surface area contributed by atoms with Crippen LogP contribution in [0.3, 0.4) is 0 Å². The van der Waals surface area contributed by atoms with Crippen LogP contribution in [0.25, 0.3) is 0 Å². The molecule has 14 heavy (non-hydrogen) atoms. The summed E-state index contributed by atoms with van der Waals surface area (Å²) in [6.07, 6.45) is 1.71. The van der Waals surface area contributed by atoms with Gasteiger partial charge in [-0.1, -0.05) is 13.8 Å². The van der Waals surface area contributed by atoms with Crippen molar-refractivity contribution in [2.75, 3.05) is 26.4 Å². The highest BCUT2D eigenvalue weighted by Gasteiger charge is 2.31. The highest BCUT2D eigenvalue weighted by Crippen LogP contribution is 2.31. The van der Waals surface area contributed by atoms with Crippen LogP contribution in [0.5, 0.6) is 0 Å². The molecule has 0 aromatic heterocycles. The first-order chi connectivity index (χ1) is 6.63. The maximum Gasteiger partial charge on any atom is 0.0511 e. The van der Waals surface area contributed by atoms with E-state index in [0.717, 1.165) is 19.4 Å². The molecule has 0 saturated heterocycles. The smallest absolute Gasteiger partial charge is 0.0511 e. The molecule has 0 unspecified atom stereocenters. The molecule has 0 spiro atoms. The lowest BCUT2D eigenvalue weighted by Crippen LogP contribution is -2.35. The van der Waals surface area contributed by atoms with Gasteiger partial charge in [0.25, 0.3) is 0 Å². The standard InChI is InChI=1S/C11H24O3/c1-4-14-7-5-6-11(8-12,9-13)10(2)3/h10,12-13H,4-9H2,1-3H3. The molecule has 86 valence electrons. The van der Waals surface area contributed by atoms with Gasteiger partial charge in [-0.05, 0) is 25.7 Å². The third-order valence-electron chi connectivity index (χ3n) is 3.02. The van der Waals surface area contributed by atoms with Gasteiger partial charge in [-0.25, -0.2) is 0 Å². The number of aliphatic hydroxyl groups is 2. The molecule has 3 heteroatoms. The van der Waals surface area contributed by atoms with Crippen LogP contribution in [0, 0.1) is 11.3 Å². The molecule has 0 fully saturated rings. The highest BCUT2D eigenvalue weighted by atomic mass is 16.5. The maximum atomic E-state index is 9.30. The van der Waals surface area contributed by atoms with Crippen LogP contribution < -0.4 is 0 Å². The zero-order chi connectivity index (χ0) is 11.0. The topological polar surface area (TPSA) is 49.7 Å². The van der Waals surface area contributed by atoms with E-state index in [1.807, 2.05) is 20.8 Å². The van der Waals surface area contributed by atoms with E-state index in [9.17, 15) is 10.2 Å². The van der Waals surface area contributed by atoms with E-state index in [1.54, 1.807) is 0 Å². The van der Waals surface area contributed by atoms with Crippen molar-refractivity contribution in [2.45, 2.75) is 33.6 Å². The number of ether oxygens (including phenoxy) is 1. The van der Waals surface area contributed by atoms with Crippen LogP contribution in [-0.4, -0.2) is 36.6 Å². The molecule has 0 heterocycles. The molecule has 0 saturated carbocycles. The van der Waals surface area contributed by atoms with E-state index < -0.39 is 0 Å². The number of hydrogen-bond donors (Lipinski definition) is 2. The van der Waals surface area contributed by atoms with Gasteiger partial charge in [0.1, 0.15) is 0 Å². The summed E-state index contributed by atoms with van der Waals surface area (Å²) in [5, 5.41) is 18.6. The monoisotopic (exact) mass is 204 g/mol. The number of rotatable bonds is 8. The van der Waals surface area contributed by atoms with E-state index >= 15 is 0 Å². The first-order valence-corrected chi connectivity index (χ1v) is 5.42. The zero-order valence-electron chi connectivity index (χ0n) is 9.62. The molecule has 0 aromatic carbocycles. The lowest BCUT2D eigenvalue weighted by atomic mass is 9.75. The fraction of sp³-hybridized carbons (Fsp3) is 1.00. The van der Waals surface area contributed by atoms with Gasteiger partial charge in [-0.15, -0.1) is 0 Å². The van der Waals surface area contributed by atoms with E-state index in [0.29, 0.717) is 12.5 Å². The maximum absolute atomic E-state index is 9.30. The van der Waals surface area contributed by atoms with Crippen molar-refractivity contribution in [2.24, 2.45) is 11.3 Å².